The number of benzene rings is 2. The molecule has 0 aliphatic rings. The second kappa shape index (κ2) is 7.04. The van der Waals surface area contributed by atoms with E-state index in [-0.39, 0.29) is 0 Å². The maximum Gasteiger partial charge on any atom is 0.213 e. The third-order valence-corrected chi connectivity index (χ3v) is 3.96. The fourth-order valence-corrected chi connectivity index (χ4v) is 2.72. The highest BCUT2D eigenvalue weighted by Crippen LogP contribution is 2.23. The third-order valence-electron chi connectivity index (χ3n) is 3.96. The Morgan fingerprint density at radius 3 is 2.00 bits per heavy atom. The molecule has 1 heteroatoms. The molecule has 1 aromatic heterocycles. The molecule has 0 amide bonds. The molecular weight excluding hydrogens is 266 g/mol. The Hall–Kier alpha value is -2.41. The van der Waals surface area contributed by atoms with Crippen LogP contribution >= 0.6 is 0 Å². The highest BCUT2D eigenvalue weighted by atomic mass is 15.0. The summed E-state index contributed by atoms with van der Waals surface area (Å²) < 4.78 is 2.37. The summed E-state index contributed by atoms with van der Waals surface area (Å²) >= 11 is 0. The smallest absolute Gasteiger partial charge is 0.198 e. The molecule has 3 rings (SSSR count). The van der Waals surface area contributed by atoms with Gasteiger partial charge in [-0.2, -0.15) is 4.57 Å². The summed E-state index contributed by atoms with van der Waals surface area (Å²) in [6.07, 6.45) is 4.64. The minimum atomic E-state index is 1.07. The van der Waals surface area contributed by atoms with Gasteiger partial charge in [-0.25, -0.2) is 0 Å². The van der Waals surface area contributed by atoms with Crippen LogP contribution in [-0.4, -0.2) is 0 Å². The van der Waals surface area contributed by atoms with Crippen LogP contribution in [0.15, 0.2) is 79.0 Å². The lowest BCUT2D eigenvalue weighted by atomic mass is 10.0. The number of hydrogen-bond acceptors (Lipinski definition) is 0. The second-order valence-corrected chi connectivity index (χ2v) is 5.58. The van der Waals surface area contributed by atoms with Crippen LogP contribution in [0.1, 0.15) is 19.8 Å². The van der Waals surface area contributed by atoms with Crippen molar-refractivity contribution in [3.8, 4) is 22.4 Å². The van der Waals surface area contributed by atoms with Gasteiger partial charge in [0.2, 0.25) is 5.69 Å². The first-order valence-electron chi connectivity index (χ1n) is 8.03. The highest BCUT2D eigenvalue weighted by molar-refractivity contribution is 5.68. The fraction of sp³-hybridized carbons (Fsp3) is 0.190. The Kier molecular flexibility index (Phi) is 4.65. The zero-order chi connectivity index (χ0) is 15.2. The van der Waals surface area contributed by atoms with Crippen LogP contribution in [0, 0.1) is 0 Å². The number of nitrogens with zero attached hydrogens (tertiary/aromatic N) is 1. The van der Waals surface area contributed by atoms with E-state index in [1.165, 1.54) is 35.2 Å². The third kappa shape index (κ3) is 3.25. The maximum atomic E-state index is 2.37. The SMILES string of the molecule is CCCC[n+]1ccc(-c2ccccc2)cc1-c1ccccc1. The summed E-state index contributed by atoms with van der Waals surface area (Å²) in [4.78, 5) is 0. The predicted octanol–water partition coefficient (Wildman–Crippen LogP) is 5.11. The van der Waals surface area contributed by atoms with Crippen LogP contribution in [-0.2, 0) is 6.54 Å². The number of aryl methyl sites for hydroxylation is 1. The molecule has 0 unspecified atom stereocenters. The molecule has 1 nitrogen and oxygen atoms in total. The quantitative estimate of drug-likeness (QED) is 0.574. The van der Waals surface area contributed by atoms with Crippen molar-refractivity contribution in [3.05, 3.63) is 79.0 Å². The Balaban J connectivity index is 2.06. The molecule has 0 aliphatic heterocycles. The molecule has 0 saturated heterocycles. The Labute approximate surface area is 132 Å². The minimum absolute atomic E-state index is 1.07. The molecule has 0 radical (unpaired) electrons. The van der Waals surface area contributed by atoms with Crippen molar-refractivity contribution in [1.82, 2.24) is 0 Å². The average molecular weight is 288 g/mol. The molecule has 0 saturated carbocycles. The average Bonchev–Trinajstić information content (AvgIpc) is 2.61. The van der Waals surface area contributed by atoms with E-state index in [1.54, 1.807) is 0 Å². The molecule has 110 valence electrons. The lowest BCUT2D eigenvalue weighted by Crippen LogP contribution is -2.35. The van der Waals surface area contributed by atoms with Crippen molar-refractivity contribution >= 4 is 0 Å². The number of hydrogen-bond donors (Lipinski definition) is 0. The van der Waals surface area contributed by atoms with Gasteiger partial charge in [0.05, 0.1) is 0 Å². The maximum absolute atomic E-state index is 2.37. The van der Waals surface area contributed by atoms with E-state index in [0.717, 1.165) is 6.54 Å². The summed E-state index contributed by atoms with van der Waals surface area (Å²) in [5, 5.41) is 0. The lowest BCUT2D eigenvalue weighted by Gasteiger charge is -2.07. The molecule has 3 aromatic rings. The van der Waals surface area contributed by atoms with Gasteiger partial charge < -0.3 is 0 Å². The van der Waals surface area contributed by atoms with Crippen molar-refractivity contribution in [3.63, 3.8) is 0 Å². The molecule has 0 fully saturated rings. The molecule has 0 aliphatic carbocycles. The Morgan fingerprint density at radius 1 is 0.727 bits per heavy atom. The van der Waals surface area contributed by atoms with Gasteiger partial charge in [0.25, 0.3) is 0 Å². The number of rotatable bonds is 5. The largest absolute Gasteiger partial charge is 0.213 e. The standard InChI is InChI=1S/C21H22N/c1-2-3-15-22-16-14-20(18-10-6-4-7-11-18)17-21(22)19-12-8-5-9-13-19/h4-14,16-17H,2-3,15H2,1H3/q+1. The van der Waals surface area contributed by atoms with Gasteiger partial charge in [-0.15, -0.1) is 0 Å². The first-order chi connectivity index (χ1) is 10.9. The monoisotopic (exact) mass is 288 g/mol. The molecule has 0 bridgehead atoms. The molecule has 22 heavy (non-hydrogen) atoms. The van der Waals surface area contributed by atoms with Crippen LogP contribution in [0.4, 0.5) is 0 Å². The van der Waals surface area contributed by atoms with E-state index in [2.05, 4.69) is 90.5 Å². The van der Waals surface area contributed by atoms with Gasteiger partial charge in [0.1, 0.15) is 6.54 Å². The zero-order valence-corrected chi connectivity index (χ0v) is 13.1. The van der Waals surface area contributed by atoms with Crippen molar-refractivity contribution in [2.75, 3.05) is 0 Å². The van der Waals surface area contributed by atoms with Crippen LogP contribution in [0.2, 0.25) is 0 Å². The van der Waals surface area contributed by atoms with Crippen molar-refractivity contribution in [2.24, 2.45) is 0 Å². The van der Waals surface area contributed by atoms with Crippen LogP contribution in [0.25, 0.3) is 22.4 Å². The van der Waals surface area contributed by atoms with E-state index >= 15 is 0 Å². The van der Waals surface area contributed by atoms with E-state index in [0.29, 0.717) is 0 Å². The first-order valence-corrected chi connectivity index (χ1v) is 8.03. The van der Waals surface area contributed by atoms with Crippen molar-refractivity contribution in [1.29, 1.82) is 0 Å². The molecular formula is C21H22N+. The lowest BCUT2D eigenvalue weighted by molar-refractivity contribution is -0.686. The fourth-order valence-electron chi connectivity index (χ4n) is 2.72. The number of aromatic nitrogens is 1. The zero-order valence-electron chi connectivity index (χ0n) is 13.1. The first kappa shape index (κ1) is 14.5. The minimum Gasteiger partial charge on any atom is -0.198 e. The molecule has 0 atom stereocenters. The van der Waals surface area contributed by atoms with Crippen molar-refractivity contribution in [2.45, 2.75) is 26.3 Å². The van der Waals surface area contributed by atoms with E-state index in [9.17, 15) is 0 Å². The molecule has 2 aromatic carbocycles. The highest BCUT2D eigenvalue weighted by Gasteiger charge is 2.14. The van der Waals surface area contributed by atoms with Gasteiger partial charge in [-0.3, -0.25) is 0 Å². The van der Waals surface area contributed by atoms with Gasteiger partial charge in [0.15, 0.2) is 6.20 Å². The Bertz CT molecular complexity index is 717. The summed E-state index contributed by atoms with van der Waals surface area (Å²) in [6.45, 7) is 3.30. The summed E-state index contributed by atoms with van der Waals surface area (Å²) in [7, 11) is 0. The van der Waals surface area contributed by atoms with E-state index in [4.69, 9.17) is 0 Å². The second-order valence-electron chi connectivity index (χ2n) is 5.58. The van der Waals surface area contributed by atoms with Crippen LogP contribution in [0.5, 0.6) is 0 Å². The number of unbranched alkanes of at least 4 members (excludes halogenated alkanes) is 1. The molecule has 0 N–H and O–H groups in total. The molecule has 1 heterocycles. The Morgan fingerprint density at radius 2 is 1.36 bits per heavy atom. The molecule has 0 spiro atoms. The van der Waals surface area contributed by atoms with E-state index < -0.39 is 0 Å². The number of pyridine rings is 1. The summed E-state index contributed by atoms with van der Waals surface area (Å²) in [5.41, 5.74) is 5.10. The normalized spacial score (nSPS) is 10.6. The van der Waals surface area contributed by atoms with Crippen LogP contribution in [0.3, 0.4) is 0 Å². The topological polar surface area (TPSA) is 3.88 Å². The van der Waals surface area contributed by atoms with Gasteiger partial charge in [0, 0.05) is 24.1 Å². The van der Waals surface area contributed by atoms with Crippen LogP contribution < -0.4 is 4.57 Å². The van der Waals surface area contributed by atoms with Gasteiger partial charge in [-0.1, -0.05) is 61.9 Å². The van der Waals surface area contributed by atoms with Crippen molar-refractivity contribution < 1.29 is 4.57 Å². The van der Waals surface area contributed by atoms with Gasteiger partial charge >= 0.3 is 0 Å². The summed E-state index contributed by atoms with van der Waals surface area (Å²) in [6, 6.07) is 25.8. The summed E-state index contributed by atoms with van der Waals surface area (Å²) in [5.74, 6) is 0. The van der Waals surface area contributed by atoms with Gasteiger partial charge in [-0.05, 0) is 23.3 Å². The van der Waals surface area contributed by atoms with E-state index in [1.807, 2.05) is 0 Å². The predicted molar refractivity (Wildman–Crippen MR) is 92.4 cm³/mol.